The van der Waals surface area contributed by atoms with Crippen molar-refractivity contribution in [3.8, 4) is 0 Å². The second-order valence-electron chi connectivity index (χ2n) is 11.8. The van der Waals surface area contributed by atoms with Gasteiger partial charge >= 0.3 is 5.97 Å². The van der Waals surface area contributed by atoms with Crippen LogP contribution in [0.2, 0.25) is 0 Å². The lowest BCUT2D eigenvalue weighted by atomic mass is 9.39. The van der Waals surface area contributed by atoms with Crippen LogP contribution in [0.3, 0.4) is 0 Å². The quantitative estimate of drug-likeness (QED) is 0.497. The molecule has 4 aliphatic carbocycles. The van der Waals surface area contributed by atoms with Crippen molar-refractivity contribution >= 4 is 17.5 Å². The second kappa shape index (κ2) is 5.46. The Morgan fingerprint density at radius 3 is 2.47 bits per heavy atom. The number of Topliss-reactive ketones (excluding diaryl/α,β-unsaturated/α-hetero) is 1. The summed E-state index contributed by atoms with van der Waals surface area (Å²) in [6.45, 7) is 10.1. The normalized spacial score (nSPS) is 50.3. The van der Waals surface area contributed by atoms with Crippen molar-refractivity contribution in [1.29, 1.82) is 0 Å². The van der Waals surface area contributed by atoms with Crippen LogP contribution in [-0.4, -0.2) is 41.0 Å². The molecule has 6 heteroatoms. The van der Waals surface area contributed by atoms with Crippen LogP contribution >= 0.6 is 0 Å². The number of aliphatic hydroxyl groups is 1. The number of ether oxygens (including phenoxy) is 2. The first-order chi connectivity index (χ1) is 14.9. The lowest BCUT2D eigenvalue weighted by Crippen LogP contribution is -2.66. The van der Waals surface area contributed by atoms with Crippen molar-refractivity contribution < 1.29 is 29.0 Å². The molecule has 1 N–H and O–H groups in total. The molecule has 2 saturated carbocycles. The Morgan fingerprint density at radius 2 is 1.81 bits per heavy atom. The molecule has 0 amide bonds. The zero-order valence-electron chi connectivity index (χ0n) is 19.3. The van der Waals surface area contributed by atoms with Gasteiger partial charge in [-0.3, -0.25) is 9.59 Å². The summed E-state index contributed by atoms with van der Waals surface area (Å²) in [5.74, 6) is -1.09. The predicted molar refractivity (Wildman–Crippen MR) is 114 cm³/mol. The maximum atomic E-state index is 14.1. The van der Waals surface area contributed by atoms with E-state index < -0.39 is 27.3 Å². The van der Waals surface area contributed by atoms with E-state index in [0.717, 1.165) is 12.8 Å². The lowest BCUT2D eigenvalue weighted by molar-refractivity contribution is -0.164. The summed E-state index contributed by atoms with van der Waals surface area (Å²) in [4.78, 5) is 39.2. The summed E-state index contributed by atoms with van der Waals surface area (Å²) in [6, 6.07) is 0. The molecule has 0 aromatic heterocycles. The highest BCUT2D eigenvalue weighted by Gasteiger charge is 2.87. The molecule has 1 saturated heterocycles. The smallest absolute Gasteiger partial charge is 0.334 e. The first-order valence-electron chi connectivity index (χ1n) is 11.6. The molecule has 6 nitrogen and oxygen atoms in total. The highest BCUT2D eigenvalue weighted by atomic mass is 16.6. The Labute approximate surface area is 187 Å². The van der Waals surface area contributed by atoms with Gasteiger partial charge in [0.15, 0.2) is 11.5 Å². The molecule has 170 valence electrons. The summed E-state index contributed by atoms with van der Waals surface area (Å²) in [6.07, 6.45) is 7.50. The van der Waals surface area contributed by atoms with Crippen molar-refractivity contribution in [2.75, 3.05) is 6.61 Å². The van der Waals surface area contributed by atoms with Gasteiger partial charge in [0.2, 0.25) is 5.78 Å². The Hall–Kier alpha value is -2.21. The number of carbonyl (C=O) groups is 3. The fourth-order valence-electron chi connectivity index (χ4n) is 8.93. The first kappa shape index (κ1) is 20.4. The van der Waals surface area contributed by atoms with Crippen molar-refractivity contribution in [3.63, 3.8) is 0 Å². The van der Waals surface area contributed by atoms with Crippen molar-refractivity contribution in [2.45, 2.75) is 65.6 Å². The van der Waals surface area contributed by atoms with Gasteiger partial charge in [-0.1, -0.05) is 19.9 Å². The summed E-state index contributed by atoms with van der Waals surface area (Å²) in [5.41, 5.74) is -2.42. The van der Waals surface area contributed by atoms with Crippen LogP contribution in [0.5, 0.6) is 0 Å². The van der Waals surface area contributed by atoms with E-state index in [1.165, 1.54) is 0 Å². The molecule has 6 aliphatic rings. The number of esters is 1. The molecule has 32 heavy (non-hydrogen) atoms. The van der Waals surface area contributed by atoms with Crippen molar-refractivity contribution in [2.24, 2.45) is 33.5 Å². The molecule has 1 spiro atoms. The van der Waals surface area contributed by atoms with Gasteiger partial charge in [-0.05, 0) is 63.7 Å². The number of allylic oxidation sites excluding steroid dienone is 4. The van der Waals surface area contributed by atoms with Gasteiger partial charge in [-0.2, -0.15) is 0 Å². The number of cyclic esters (lactones) is 1. The zero-order valence-corrected chi connectivity index (χ0v) is 19.3. The average Bonchev–Trinajstić information content (AvgIpc) is 3.21. The molecule has 2 aliphatic heterocycles. The summed E-state index contributed by atoms with van der Waals surface area (Å²) >= 11 is 0. The molecule has 3 fully saturated rings. The molecular formula is C26H30O6. The molecule has 0 aromatic rings. The van der Waals surface area contributed by atoms with Crippen LogP contribution in [0.4, 0.5) is 0 Å². The van der Waals surface area contributed by atoms with Crippen molar-refractivity contribution in [3.05, 3.63) is 35.1 Å². The number of hydrogen-bond acceptors (Lipinski definition) is 6. The van der Waals surface area contributed by atoms with Crippen LogP contribution in [0.25, 0.3) is 0 Å². The van der Waals surface area contributed by atoms with Gasteiger partial charge in [0, 0.05) is 22.3 Å². The Kier molecular flexibility index (Phi) is 3.48. The van der Waals surface area contributed by atoms with Gasteiger partial charge in [0.05, 0.1) is 16.9 Å². The number of ketones is 2. The fourth-order valence-corrected chi connectivity index (χ4v) is 8.93. The maximum Gasteiger partial charge on any atom is 0.334 e. The topological polar surface area (TPSA) is 93.2 Å². The summed E-state index contributed by atoms with van der Waals surface area (Å²) < 4.78 is 11.6. The third-order valence-electron chi connectivity index (χ3n) is 10.3. The van der Waals surface area contributed by atoms with E-state index >= 15 is 0 Å². The molecule has 0 aromatic carbocycles. The highest BCUT2D eigenvalue weighted by molar-refractivity contribution is 6.06. The van der Waals surface area contributed by atoms with E-state index in [0.29, 0.717) is 24.2 Å². The minimum atomic E-state index is -0.953. The van der Waals surface area contributed by atoms with Gasteiger partial charge in [-0.25, -0.2) is 4.79 Å². The SMILES string of the molecule is CC1(C)C(=O)C=C[C@@]2(C)C1=C(O)C(=O)[C@]1(C)[C@@H]2CC[C@@]2(C)[C@H](C3=CCOC3=O)C[C@H]3O[C@]321. The average molecular weight is 439 g/mol. The number of fused-ring (bicyclic) bond motifs is 3. The molecule has 0 bridgehead atoms. The summed E-state index contributed by atoms with van der Waals surface area (Å²) in [7, 11) is 0. The molecular weight excluding hydrogens is 408 g/mol. The van der Waals surface area contributed by atoms with Gasteiger partial charge in [0.25, 0.3) is 0 Å². The van der Waals surface area contributed by atoms with Crippen LogP contribution in [0.15, 0.2) is 35.1 Å². The third-order valence-corrected chi connectivity index (χ3v) is 10.3. The van der Waals surface area contributed by atoms with Crippen LogP contribution in [0.1, 0.15) is 53.9 Å². The monoisotopic (exact) mass is 438 g/mol. The summed E-state index contributed by atoms with van der Waals surface area (Å²) in [5, 5.41) is 11.4. The Bertz CT molecular complexity index is 1110. The van der Waals surface area contributed by atoms with E-state index in [2.05, 4.69) is 13.8 Å². The van der Waals surface area contributed by atoms with Gasteiger partial charge < -0.3 is 14.6 Å². The molecule has 2 heterocycles. The van der Waals surface area contributed by atoms with E-state index in [1.54, 1.807) is 19.9 Å². The Balaban J connectivity index is 1.54. The number of carbonyl (C=O) groups excluding carboxylic acids is 3. The maximum absolute atomic E-state index is 14.1. The number of hydrogen-bond donors (Lipinski definition) is 1. The van der Waals surface area contributed by atoms with Gasteiger partial charge in [0.1, 0.15) is 12.2 Å². The van der Waals surface area contributed by atoms with E-state index in [4.69, 9.17) is 9.47 Å². The van der Waals surface area contributed by atoms with Crippen LogP contribution in [0, 0.1) is 33.5 Å². The third kappa shape index (κ3) is 1.82. The lowest BCUT2D eigenvalue weighted by Gasteiger charge is -2.62. The second-order valence-corrected chi connectivity index (χ2v) is 11.8. The van der Waals surface area contributed by atoms with E-state index in [1.807, 2.05) is 19.1 Å². The molecule has 6 rings (SSSR count). The molecule has 7 atom stereocenters. The number of rotatable bonds is 1. The minimum Gasteiger partial charge on any atom is -0.504 e. The van der Waals surface area contributed by atoms with Crippen LogP contribution in [-0.2, 0) is 23.9 Å². The highest BCUT2D eigenvalue weighted by Crippen LogP contribution is 2.80. The van der Waals surface area contributed by atoms with Gasteiger partial charge in [-0.15, -0.1) is 0 Å². The largest absolute Gasteiger partial charge is 0.504 e. The first-order valence-corrected chi connectivity index (χ1v) is 11.6. The molecule has 0 unspecified atom stereocenters. The standard InChI is InChI=1S/C26H30O6/c1-22(2)16(27)7-9-23(3)15-6-10-24(4)14(13-8-11-31-21(13)30)12-17-26(24,32-17)25(15,5)20(29)18(28)19(22)23/h7-9,14-15,17,28H,6,10-12H2,1-5H3/t14-,15+,17+,23+,24-,25-,26+/m0/s1. The number of epoxide rings is 1. The molecule has 0 radical (unpaired) electrons. The zero-order chi connectivity index (χ0) is 23.1. The van der Waals surface area contributed by atoms with Crippen LogP contribution < -0.4 is 0 Å². The van der Waals surface area contributed by atoms with Crippen molar-refractivity contribution in [1.82, 2.24) is 0 Å². The van der Waals surface area contributed by atoms with E-state index in [9.17, 15) is 19.5 Å². The minimum absolute atomic E-state index is 0.0259. The Morgan fingerprint density at radius 1 is 1.09 bits per heavy atom. The number of aliphatic hydroxyl groups excluding tert-OH is 1. The fraction of sp³-hybridized carbons (Fsp3) is 0.654. The predicted octanol–water partition coefficient (Wildman–Crippen LogP) is 3.62. The van der Waals surface area contributed by atoms with E-state index in [-0.39, 0.29) is 41.2 Å².